The summed E-state index contributed by atoms with van der Waals surface area (Å²) >= 11 is 11.2. The van der Waals surface area contributed by atoms with Crippen molar-refractivity contribution in [1.29, 1.82) is 0 Å². The highest BCUT2D eigenvalue weighted by Crippen LogP contribution is 2.20. The van der Waals surface area contributed by atoms with Crippen LogP contribution in [0.2, 0.25) is 5.02 Å². The van der Waals surface area contributed by atoms with E-state index in [2.05, 4.69) is 25.5 Å². The molecule has 0 saturated carbocycles. The standard InChI is InChI=1S/C17H13ClN6OS/c18-11-7-5-10(6-8-11)15-22-23-17(26)24(15)9-14(25)21-16-19-12-3-1-2-4-13(12)20-16/h1-8H,9H2,(H,23,26)(H2,19,20,21,25). The number of H-pyrrole nitrogens is 2. The fourth-order valence-electron chi connectivity index (χ4n) is 2.61. The van der Waals surface area contributed by atoms with Crippen molar-refractivity contribution in [2.24, 2.45) is 0 Å². The molecule has 3 N–H and O–H groups in total. The van der Waals surface area contributed by atoms with Gasteiger partial charge < -0.3 is 4.98 Å². The summed E-state index contributed by atoms with van der Waals surface area (Å²) in [6.45, 7) is 0.00430. The molecule has 0 unspecified atom stereocenters. The van der Waals surface area contributed by atoms with Crippen LogP contribution in [0.3, 0.4) is 0 Å². The van der Waals surface area contributed by atoms with Gasteiger partial charge in [0.2, 0.25) is 11.9 Å². The van der Waals surface area contributed by atoms with Gasteiger partial charge in [0.05, 0.1) is 11.0 Å². The molecule has 9 heteroatoms. The van der Waals surface area contributed by atoms with Gasteiger partial charge in [-0.15, -0.1) is 0 Å². The van der Waals surface area contributed by atoms with Crippen LogP contribution in [0.5, 0.6) is 0 Å². The summed E-state index contributed by atoms with van der Waals surface area (Å²) in [5.74, 6) is 0.683. The first-order valence-corrected chi connectivity index (χ1v) is 8.54. The Morgan fingerprint density at radius 1 is 1.19 bits per heavy atom. The highest BCUT2D eigenvalue weighted by molar-refractivity contribution is 7.71. The number of rotatable bonds is 4. The van der Waals surface area contributed by atoms with Crippen LogP contribution in [0.4, 0.5) is 5.95 Å². The van der Waals surface area contributed by atoms with Crippen molar-refractivity contribution in [1.82, 2.24) is 24.7 Å². The molecular formula is C17H13ClN6OS. The second kappa shape index (κ2) is 6.74. The molecule has 0 aliphatic carbocycles. The van der Waals surface area contributed by atoms with Crippen LogP contribution in [0.1, 0.15) is 0 Å². The van der Waals surface area contributed by atoms with Gasteiger partial charge in [-0.25, -0.2) is 4.98 Å². The quantitative estimate of drug-likeness (QED) is 0.467. The molecule has 0 saturated heterocycles. The summed E-state index contributed by atoms with van der Waals surface area (Å²) in [5, 5.41) is 10.3. The lowest BCUT2D eigenvalue weighted by atomic mass is 10.2. The Morgan fingerprint density at radius 3 is 2.73 bits per heavy atom. The maximum atomic E-state index is 12.4. The number of hydrogen-bond donors (Lipinski definition) is 3. The minimum atomic E-state index is -0.267. The van der Waals surface area contributed by atoms with Gasteiger partial charge >= 0.3 is 0 Å². The lowest BCUT2D eigenvalue weighted by molar-refractivity contribution is -0.116. The molecule has 0 aliphatic rings. The minimum Gasteiger partial charge on any atom is -0.324 e. The maximum Gasteiger partial charge on any atom is 0.246 e. The Labute approximate surface area is 158 Å². The lowest BCUT2D eigenvalue weighted by Crippen LogP contribution is -2.20. The predicted octanol–water partition coefficient (Wildman–Crippen LogP) is 3.78. The second-order valence-corrected chi connectivity index (χ2v) is 6.42. The van der Waals surface area contributed by atoms with Gasteiger partial charge in [-0.3, -0.25) is 19.8 Å². The lowest BCUT2D eigenvalue weighted by Gasteiger charge is -2.07. The van der Waals surface area contributed by atoms with E-state index in [-0.39, 0.29) is 12.5 Å². The smallest absolute Gasteiger partial charge is 0.246 e. The van der Waals surface area contributed by atoms with E-state index >= 15 is 0 Å². The second-order valence-electron chi connectivity index (χ2n) is 5.60. The van der Waals surface area contributed by atoms with Gasteiger partial charge in [0, 0.05) is 10.6 Å². The molecule has 0 spiro atoms. The van der Waals surface area contributed by atoms with E-state index < -0.39 is 0 Å². The first kappa shape index (κ1) is 16.5. The average molecular weight is 385 g/mol. The molecule has 0 radical (unpaired) electrons. The van der Waals surface area contributed by atoms with Crippen LogP contribution < -0.4 is 5.32 Å². The number of nitrogens with one attached hydrogen (secondary N) is 3. The van der Waals surface area contributed by atoms with E-state index in [1.807, 2.05) is 36.4 Å². The number of nitrogens with zero attached hydrogens (tertiary/aromatic N) is 3. The number of aromatic amines is 2. The monoisotopic (exact) mass is 384 g/mol. The Kier molecular flexibility index (Phi) is 4.27. The number of carbonyl (C=O) groups excluding carboxylic acids is 1. The average Bonchev–Trinajstić information content (AvgIpc) is 3.19. The molecule has 130 valence electrons. The van der Waals surface area contributed by atoms with Gasteiger partial charge in [0.15, 0.2) is 10.6 Å². The zero-order valence-corrected chi connectivity index (χ0v) is 14.9. The Hall–Kier alpha value is -2.97. The van der Waals surface area contributed by atoms with Crippen LogP contribution >= 0.6 is 23.8 Å². The zero-order chi connectivity index (χ0) is 18.1. The number of halogens is 1. The van der Waals surface area contributed by atoms with Crippen LogP contribution in [0.15, 0.2) is 48.5 Å². The summed E-state index contributed by atoms with van der Waals surface area (Å²) in [7, 11) is 0. The highest BCUT2D eigenvalue weighted by Gasteiger charge is 2.13. The molecule has 2 aromatic heterocycles. The van der Waals surface area contributed by atoms with E-state index in [9.17, 15) is 4.79 Å². The number of para-hydroxylation sites is 2. The largest absolute Gasteiger partial charge is 0.324 e. The van der Waals surface area contributed by atoms with Gasteiger partial charge in [-0.05, 0) is 48.6 Å². The number of carbonyl (C=O) groups is 1. The first-order chi connectivity index (χ1) is 12.6. The van der Waals surface area contributed by atoms with Crippen molar-refractivity contribution in [3.05, 3.63) is 58.3 Å². The fourth-order valence-corrected chi connectivity index (χ4v) is 2.93. The summed E-state index contributed by atoms with van der Waals surface area (Å²) in [5.41, 5.74) is 2.44. The molecule has 0 bridgehead atoms. The topological polar surface area (TPSA) is 91.4 Å². The van der Waals surface area contributed by atoms with Gasteiger partial charge in [-0.1, -0.05) is 23.7 Å². The third kappa shape index (κ3) is 3.24. The molecule has 2 aromatic carbocycles. The van der Waals surface area contributed by atoms with Crippen molar-refractivity contribution >= 4 is 46.7 Å². The molecular weight excluding hydrogens is 372 g/mol. The van der Waals surface area contributed by atoms with Crippen LogP contribution in [0, 0.1) is 4.77 Å². The summed E-state index contributed by atoms with van der Waals surface area (Å²) < 4.78 is 1.98. The number of anilines is 1. The first-order valence-electron chi connectivity index (χ1n) is 7.76. The minimum absolute atomic E-state index is 0.00430. The molecule has 26 heavy (non-hydrogen) atoms. The number of hydrogen-bond acceptors (Lipinski definition) is 4. The number of fused-ring (bicyclic) bond motifs is 1. The molecule has 7 nitrogen and oxygen atoms in total. The number of amides is 1. The Bertz CT molecular complexity index is 1110. The zero-order valence-electron chi connectivity index (χ0n) is 13.4. The normalized spacial score (nSPS) is 11.0. The SMILES string of the molecule is O=C(Cn1c(-c2ccc(Cl)cc2)n[nH]c1=S)Nc1nc2ccccc2[nH]1. The molecule has 2 heterocycles. The molecule has 0 fully saturated rings. The summed E-state index contributed by atoms with van der Waals surface area (Å²) in [6.07, 6.45) is 0. The summed E-state index contributed by atoms with van der Waals surface area (Å²) in [4.78, 5) is 19.8. The molecule has 0 aliphatic heterocycles. The van der Waals surface area contributed by atoms with Crippen molar-refractivity contribution in [2.75, 3.05) is 5.32 Å². The van der Waals surface area contributed by atoms with E-state index in [0.717, 1.165) is 16.6 Å². The van der Waals surface area contributed by atoms with Crippen LogP contribution in [-0.4, -0.2) is 30.6 Å². The van der Waals surface area contributed by atoms with Crippen molar-refractivity contribution in [3.63, 3.8) is 0 Å². The van der Waals surface area contributed by atoms with Crippen molar-refractivity contribution in [2.45, 2.75) is 6.54 Å². The molecule has 4 aromatic rings. The van der Waals surface area contributed by atoms with Crippen LogP contribution in [-0.2, 0) is 11.3 Å². The van der Waals surface area contributed by atoms with Crippen molar-refractivity contribution in [3.8, 4) is 11.4 Å². The van der Waals surface area contributed by atoms with E-state index in [1.165, 1.54) is 0 Å². The maximum absolute atomic E-state index is 12.4. The van der Waals surface area contributed by atoms with E-state index in [1.54, 1.807) is 16.7 Å². The number of aromatic nitrogens is 5. The third-order valence-electron chi connectivity index (χ3n) is 3.81. The third-order valence-corrected chi connectivity index (χ3v) is 4.37. The van der Waals surface area contributed by atoms with Crippen molar-refractivity contribution < 1.29 is 4.79 Å². The van der Waals surface area contributed by atoms with Gasteiger partial charge in [0.25, 0.3) is 0 Å². The van der Waals surface area contributed by atoms with Gasteiger partial charge in [0.1, 0.15) is 6.54 Å². The molecule has 0 atom stereocenters. The fraction of sp³-hybridized carbons (Fsp3) is 0.0588. The molecule has 1 amide bonds. The number of benzene rings is 2. The molecule has 4 rings (SSSR count). The Morgan fingerprint density at radius 2 is 1.96 bits per heavy atom. The van der Waals surface area contributed by atoms with Crippen LogP contribution in [0.25, 0.3) is 22.4 Å². The van der Waals surface area contributed by atoms with E-state index in [0.29, 0.717) is 21.6 Å². The summed E-state index contributed by atoms with van der Waals surface area (Å²) in [6, 6.07) is 14.7. The van der Waals surface area contributed by atoms with E-state index in [4.69, 9.17) is 23.8 Å². The Balaban J connectivity index is 1.57. The highest BCUT2D eigenvalue weighted by atomic mass is 35.5. The number of imidazole rings is 1. The van der Waals surface area contributed by atoms with Gasteiger partial charge in [-0.2, -0.15) is 5.10 Å². The predicted molar refractivity (Wildman–Crippen MR) is 103 cm³/mol.